The third kappa shape index (κ3) is 5.19. The lowest BCUT2D eigenvalue weighted by Gasteiger charge is -2.10. The van der Waals surface area contributed by atoms with Gasteiger partial charge in [-0.05, 0) is 36.4 Å². The summed E-state index contributed by atoms with van der Waals surface area (Å²) in [5.41, 5.74) is 1.32. The number of nitro benzene ring substituents is 1. The minimum Gasteiger partial charge on any atom is -0.493 e. The molecule has 4 rings (SSSR count). The highest BCUT2D eigenvalue weighted by atomic mass is 16.6. The van der Waals surface area contributed by atoms with Crippen LogP contribution in [-0.4, -0.2) is 41.8 Å². The predicted octanol–water partition coefficient (Wildman–Crippen LogP) is 4.35. The van der Waals surface area contributed by atoms with Gasteiger partial charge in [0.25, 0.3) is 11.8 Å². The second-order valence-electron chi connectivity index (χ2n) is 7.10. The van der Waals surface area contributed by atoms with Crippen molar-refractivity contribution in [3.63, 3.8) is 0 Å². The van der Waals surface area contributed by atoms with E-state index in [4.69, 9.17) is 18.7 Å². The molecule has 11 heteroatoms. The van der Waals surface area contributed by atoms with Crippen molar-refractivity contribution in [2.24, 2.45) is 0 Å². The number of para-hydroxylation sites is 3. The summed E-state index contributed by atoms with van der Waals surface area (Å²) in [6.45, 7) is -0.431. The lowest BCUT2D eigenvalue weighted by Crippen LogP contribution is -2.20. The van der Waals surface area contributed by atoms with E-state index in [9.17, 15) is 14.9 Å². The number of nitrogens with zero attached hydrogens (tertiary/aromatic N) is 3. The van der Waals surface area contributed by atoms with Crippen LogP contribution in [-0.2, 0) is 4.79 Å². The van der Waals surface area contributed by atoms with Crippen LogP contribution < -0.4 is 19.5 Å². The summed E-state index contributed by atoms with van der Waals surface area (Å²) in [7, 11) is 3.07. The van der Waals surface area contributed by atoms with Gasteiger partial charge in [-0.1, -0.05) is 29.4 Å². The molecule has 11 nitrogen and oxygen atoms in total. The Bertz CT molecular complexity index is 1370. The van der Waals surface area contributed by atoms with Crippen LogP contribution in [0.2, 0.25) is 0 Å². The molecule has 0 aliphatic heterocycles. The van der Waals surface area contributed by atoms with Crippen molar-refractivity contribution in [2.45, 2.75) is 0 Å². The number of hydrogen-bond donors (Lipinski definition) is 1. The third-order valence-electron chi connectivity index (χ3n) is 4.92. The zero-order valence-corrected chi connectivity index (χ0v) is 18.8. The third-order valence-corrected chi connectivity index (χ3v) is 4.92. The number of carbonyl (C=O) groups excluding carboxylic acids is 1. The van der Waals surface area contributed by atoms with Gasteiger partial charge in [-0.25, -0.2) is 0 Å². The number of carbonyl (C=O) groups is 1. The highest BCUT2D eigenvalue weighted by Gasteiger charge is 2.18. The molecular formula is C24H20N4O7. The number of hydrogen-bond acceptors (Lipinski definition) is 9. The second-order valence-corrected chi connectivity index (χ2v) is 7.10. The highest BCUT2D eigenvalue weighted by molar-refractivity contribution is 5.95. The number of aromatic nitrogens is 2. The van der Waals surface area contributed by atoms with Crippen molar-refractivity contribution in [1.29, 1.82) is 0 Å². The molecule has 0 unspecified atom stereocenters. The summed E-state index contributed by atoms with van der Waals surface area (Å²) < 4.78 is 21.4. The Kier molecular flexibility index (Phi) is 6.86. The molecule has 0 saturated heterocycles. The zero-order chi connectivity index (χ0) is 24.8. The molecule has 1 N–H and O–H groups in total. The zero-order valence-electron chi connectivity index (χ0n) is 18.8. The quantitative estimate of drug-likeness (QED) is 0.276. The van der Waals surface area contributed by atoms with E-state index in [-0.39, 0.29) is 17.3 Å². The van der Waals surface area contributed by atoms with Gasteiger partial charge in [0.15, 0.2) is 23.9 Å². The topological polar surface area (TPSA) is 139 Å². The number of amides is 1. The van der Waals surface area contributed by atoms with E-state index in [1.54, 1.807) is 55.6 Å². The van der Waals surface area contributed by atoms with E-state index in [1.165, 1.54) is 25.3 Å². The fourth-order valence-corrected chi connectivity index (χ4v) is 3.26. The minimum absolute atomic E-state index is 0.00241. The summed E-state index contributed by atoms with van der Waals surface area (Å²) >= 11 is 0. The van der Waals surface area contributed by atoms with Crippen LogP contribution >= 0.6 is 0 Å². The molecule has 4 aromatic rings. The van der Waals surface area contributed by atoms with Crippen LogP contribution in [0.4, 0.5) is 11.4 Å². The lowest BCUT2D eigenvalue weighted by molar-refractivity contribution is -0.385. The number of nitro groups is 1. The van der Waals surface area contributed by atoms with Gasteiger partial charge in [-0.2, -0.15) is 4.98 Å². The molecule has 178 valence electrons. The van der Waals surface area contributed by atoms with E-state index >= 15 is 0 Å². The van der Waals surface area contributed by atoms with Crippen molar-refractivity contribution < 1.29 is 28.5 Å². The van der Waals surface area contributed by atoms with Gasteiger partial charge in [0.1, 0.15) is 0 Å². The Balaban J connectivity index is 1.51. The number of anilines is 1. The Morgan fingerprint density at radius 1 is 1.00 bits per heavy atom. The largest absolute Gasteiger partial charge is 0.493 e. The molecule has 1 amide bonds. The van der Waals surface area contributed by atoms with E-state index in [0.717, 1.165) is 0 Å². The predicted molar refractivity (Wildman–Crippen MR) is 125 cm³/mol. The Labute approximate surface area is 199 Å². The fourth-order valence-electron chi connectivity index (χ4n) is 3.26. The second kappa shape index (κ2) is 10.3. The summed E-state index contributed by atoms with van der Waals surface area (Å²) in [6.07, 6.45) is 0. The van der Waals surface area contributed by atoms with Crippen LogP contribution in [0.5, 0.6) is 17.2 Å². The highest BCUT2D eigenvalue weighted by Crippen LogP contribution is 2.33. The Morgan fingerprint density at radius 2 is 1.74 bits per heavy atom. The molecule has 0 radical (unpaired) electrons. The lowest BCUT2D eigenvalue weighted by atomic mass is 10.1. The molecule has 1 aromatic heterocycles. The number of methoxy groups -OCH3 is 2. The maximum atomic E-state index is 12.5. The molecule has 0 fully saturated rings. The Hall–Kier alpha value is -4.93. The first-order chi connectivity index (χ1) is 17.0. The number of ether oxygens (including phenoxy) is 3. The van der Waals surface area contributed by atoms with E-state index in [2.05, 4.69) is 15.5 Å². The fraction of sp³-hybridized carbons (Fsp3) is 0.125. The van der Waals surface area contributed by atoms with Crippen LogP contribution in [0, 0.1) is 10.1 Å². The van der Waals surface area contributed by atoms with E-state index in [1.807, 2.05) is 0 Å². The van der Waals surface area contributed by atoms with Crippen LogP contribution in [0.15, 0.2) is 71.3 Å². The van der Waals surface area contributed by atoms with E-state index < -0.39 is 17.4 Å². The van der Waals surface area contributed by atoms with Gasteiger partial charge in [-0.15, -0.1) is 0 Å². The van der Waals surface area contributed by atoms with Gasteiger partial charge >= 0.3 is 5.69 Å². The first-order valence-corrected chi connectivity index (χ1v) is 10.3. The summed E-state index contributed by atoms with van der Waals surface area (Å²) in [5, 5.41) is 17.9. The smallest absolute Gasteiger partial charge is 0.310 e. The summed E-state index contributed by atoms with van der Waals surface area (Å²) in [5.74, 6) is 1.07. The number of rotatable bonds is 9. The first kappa shape index (κ1) is 23.2. The van der Waals surface area contributed by atoms with Gasteiger partial charge in [-0.3, -0.25) is 14.9 Å². The normalized spacial score (nSPS) is 10.5. The SMILES string of the molecule is COc1ccc(-c2noc(-c3ccccc3NC(=O)COc3ccccc3[N+](=O)[O-])n2)cc1OC. The standard InChI is InChI=1S/C24H20N4O7/c1-32-20-12-11-15(13-21(20)33-2)23-26-24(35-27-23)16-7-3-4-8-17(16)25-22(29)14-34-19-10-6-5-9-18(19)28(30)31/h3-13H,14H2,1-2H3,(H,25,29). The summed E-state index contributed by atoms with van der Waals surface area (Å²) in [6, 6.07) is 17.9. The van der Waals surface area contributed by atoms with E-state index in [0.29, 0.717) is 34.1 Å². The van der Waals surface area contributed by atoms with Crippen LogP contribution in [0.25, 0.3) is 22.8 Å². The molecule has 0 bridgehead atoms. The van der Waals surface area contributed by atoms with Crippen LogP contribution in [0.1, 0.15) is 0 Å². The van der Waals surface area contributed by atoms with Gasteiger partial charge in [0.05, 0.1) is 30.4 Å². The van der Waals surface area contributed by atoms with Gasteiger partial charge in [0.2, 0.25) is 5.82 Å². The summed E-state index contributed by atoms with van der Waals surface area (Å²) in [4.78, 5) is 27.5. The average Bonchev–Trinajstić information content (AvgIpc) is 3.37. The van der Waals surface area contributed by atoms with Crippen molar-refractivity contribution in [3.8, 4) is 40.1 Å². The molecule has 35 heavy (non-hydrogen) atoms. The minimum atomic E-state index is -0.575. The average molecular weight is 476 g/mol. The molecule has 0 spiro atoms. The van der Waals surface area contributed by atoms with Crippen molar-refractivity contribution in [2.75, 3.05) is 26.1 Å². The number of benzene rings is 3. The van der Waals surface area contributed by atoms with Crippen molar-refractivity contribution in [3.05, 3.63) is 76.8 Å². The van der Waals surface area contributed by atoms with Gasteiger partial charge in [0, 0.05) is 11.6 Å². The Morgan fingerprint density at radius 3 is 2.51 bits per heavy atom. The molecule has 0 aliphatic rings. The maximum absolute atomic E-state index is 12.5. The van der Waals surface area contributed by atoms with Gasteiger partial charge < -0.3 is 24.1 Å². The molecule has 3 aromatic carbocycles. The molecule has 0 aliphatic carbocycles. The molecule has 0 atom stereocenters. The van der Waals surface area contributed by atoms with Crippen LogP contribution in [0.3, 0.4) is 0 Å². The molecule has 1 heterocycles. The molecular weight excluding hydrogens is 456 g/mol. The van der Waals surface area contributed by atoms with Crippen molar-refractivity contribution >= 4 is 17.3 Å². The molecule has 0 saturated carbocycles. The maximum Gasteiger partial charge on any atom is 0.310 e. The number of nitrogens with one attached hydrogen (secondary N) is 1. The van der Waals surface area contributed by atoms with Crippen molar-refractivity contribution in [1.82, 2.24) is 10.1 Å². The first-order valence-electron chi connectivity index (χ1n) is 10.3. The monoisotopic (exact) mass is 476 g/mol.